The van der Waals surface area contributed by atoms with Gasteiger partial charge >= 0.3 is 12.1 Å². The fraction of sp³-hybridized carbons (Fsp3) is 0.364. The molecular weight excluding hydrogens is 343 g/mol. The van der Waals surface area contributed by atoms with Crippen LogP contribution in [-0.4, -0.2) is 31.5 Å². The van der Waals surface area contributed by atoms with Crippen molar-refractivity contribution in [2.24, 2.45) is 0 Å². The molecule has 0 aliphatic rings. The second kappa shape index (κ2) is 6.81. The molecule has 1 aromatic rings. The summed E-state index contributed by atoms with van der Waals surface area (Å²) in [5.41, 5.74) is 0.180. The maximum absolute atomic E-state index is 12.7. The number of alkyl halides is 3. The van der Waals surface area contributed by atoms with Crippen LogP contribution in [0, 0.1) is 0 Å². The van der Waals surface area contributed by atoms with Gasteiger partial charge in [0.05, 0.1) is 18.2 Å². The van der Waals surface area contributed by atoms with Gasteiger partial charge in [-0.3, -0.25) is 9.52 Å². The molecule has 8 nitrogen and oxygen atoms in total. The van der Waals surface area contributed by atoms with Crippen LogP contribution in [0.15, 0.2) is 12.3 Å². The van der Waals surface area contributed by atoms with Crippen molar-refractivity contribution in [1.29, 1.82) is 0 Å². The SMILES string of the molecule is CC(=O)NOC(=O)Cc1cc(C(F)(F)F)cnc1NS(C)(=O)=O. The van der Waals surface area contributed by atoms with E-state index in [2.05, 4.69) is 9.82 Å². The number of nitrogens with zero attached hydrogens (tertiary/aromatic N) is 1. The van der Waals surface area contributed by atoms with Gasteiger partial charge in [0.25, 0.3) is 0 Å². The van der Waals surface area contributed by atoms with E-state index in [-0.39, 0.29) is 5.56 Å². The number of aromatic nitrogens is 1. The average molecular weight is 355 g/mol. The van der Waals surface area contributed by atoms with E-state index < -0.39 is 45.9 Å². The number of amides is 1. The topological polar surface area (TPSA) is 114 Å². The van der Waals surface area contributed by atoms with Crippen molar-refractivity contribution in [2.45, 2.75) is 19.5 Å². The zero-order valence-electron chi connectivity index (χ0n) is 11.9. The van der Waals surface area contributed by atoms with Crippen LogP contribution in [0.3, 0.4) is 0 Å². The number of hydroxylamine groups is 1. The molecule has 2 N–H and O–H groups in total. The number of hydrogen-bond donors (Lipinski definition) is 2. The predicted octanol–water partition coefficient (Wildman–Crippen LogP) is 0.609. The molecular formula is C11H12F3N3O5S. The highest BCUT2D eigenvalue weighted by molar-refractivity contribution is 7.92. The summed E-state index contributed by atoms with van der Waals surface area (Å²) in [4.78, 5) is 29.7. The second-order valence-electron chi connectivity index (χ2n) is 4.41. The van der Waals surface area contributed by atoms with Crippen LogP contribution in [-0.2, 0) is 37.0 Å². The van der Waals surface area contributed by atoms with E-state index in [9.17, 15) is 31.2 Å². The molecule has 0 radical (unpaired) electrons. The quantitative estimate of drug-likeness (QED) is 0.765. The van der Waals surface area contributed by atoms with E-state index in [1.165, 1.54) is 0 Å². The van der Waals surface area contributed by atoms with Crippen molar-refractivity contribution in [3.8, 4) is 0 Å². The molecule has 1 rings (SSSR count). The van der Waals surface area contributed by atoms with E-state index in [1.54, 1.807) is 5.48 Å². The van der Waals surface area contributed by atoms with Crippen LogP contribution in [0.25, 0.3) is 0 Å². The first kappa shape index (κ1) is 18.7. The smallest absolute Gasteiger partial charge is 0.340 e. The molecule has 1 heterocycles. The Morgan fingerprint density at radius 2 is 1.96 bits per heavy atom. The van der Waals surface area contributed by atoms with Gasteiger partial charge in [-0.15, -0.1) is 0 Å². The van der Waals surface area contributed by atoms with Gasteiger partial charge in [0.2, 0.25) is 15.9 Å². The fourth-order valence-electron chi connectivity index (χ4n) is 1.39. The summed E-state index contributed by atoms with van der Waals surface area (Å²) >= 11 is 0. The highest BCUT2D eigenvalue weighted by atomic mass is 32.2. The van der Waals surface area contributed by atoms with Gasteiger partial charge in [-0.05, 0) is 6.07 Å². The first-order valence-electron chi connectivity index (χ1n) is 5.88. The van der Waals surface area contributed by atoms with E-state index in [4.69, 9.17) is 0 Å². The van der Waals surface area contributed by atoms with Crippen LogP contribution in [0.1, 0.15) is 18.1 Å². The van der Waals surface area contributed by atoms with Gasteiger partial charge < -0.3 is 4.84 Å². The molecule has 0 bridgehead atoms. The largest absolute Gasteiger partial charge is 0.417 e. The highest BCUT2D eigenvalue weighted by Gasteiger charge is 2.32. The summed E-state index contributed by atoms with van der Waals surface area (Å²) in [6.07, 6.45) is -4.27. The number of hydrogen-bond acceptors (Lipinski definition) is 6. The summed E-state index contributed by atoms with van der Waals surface area (Å²) in [6, 6.07) is 0.565. The highest BCUT2D eigenvalue weighted by Crippen LogP contribution is 2.31. The molecule has 23 heavy (non-hydrogen) atoms. The molecule has 0 spiro atoms. The number of sulfonamides is 1. The van der Waals surface area contributed by atoms with Gasteiger partial charge in [-0.2, -0.15) is 18.7 Å². The Labute approximate surface area is 129 Å². The summed E-state index contributed by atoms with van der Waals surface area (Å²) in [6.45, 7) is 1.05. The van der Waals surface area contributed by atoms with E-state index in [1.807, 2.05) is 4.72 Å². The van der Waals surface area contributed by atoms with Crippen molar-refractivity contribution in [1.82, 2.24) is 10.5 Å². The standard InChI is InChI=1S/C11H12F3N3O5S/c1-6(18)16-22-9(19)4-7-3-8(11(12,13)14)5-15-10(7)17-23(2,20)21/h3,5H,4H2,1-2H3,(H,15,17)(H,16,18). The number of carbonyl (C=O) groups is 2. The van der Waals surface area contributed by atoms with Gasteiger partial charge in [0.1, 0.15) is 5.82 Å². The molecule has 0 aliphatic heterocycles. The predicted molar refractivity (Wildman–Crippen MR) is 71.3 cm³/mol. The molecule has 0 saturated heterocycles. The molecule has 0 saturated carbocycles. The lowest BCUT2D eigenvalue weighted by atomic mass is 10.1. The van der Waals surface area contributed by atoms with Crippen molar-refractivity contribution in [3.05, 3.63) is 23.4 Å². The lowest BCUT2D eigenvalue weighted by Crippen LogP contribution is -2.26. The molecule has 0 atom stereocenters. The van der Waals surface area contributed by atoms with Gasteiger partial charge in [-0.1, -0.05) is 0 Å². The van der Waals surface area contributed by atoms with Gasteiger partial charge in [0, 0.05) is 18.7 Å². The molecule has 0 fully saturated rings. The third-order valence-corrected chi connectivity index (χ3v) is 2.78. The van der Waals surface area contributed by atoms with Gasteiger partial charge in [-0.25, -0.2) is 18.2 Å². The minimum atomic E-state index is -4.73. The summed E-state index contributed by atoms with van der Waals surface area (Å²) < 4.78 is 62.3. The third kappa shape index (κ3) is 6.50. The van der Waals surface area contributed by atoms with Crippen LogP contribution in [0.2, 0.25) is 0 Å². The minimum absolute atomic E-state index is 0.361. The molecule has 1 aromatic heterocycles. The molecule has 0 aliphatic carbocycles. The molecule has 1 amide bonds. The zero-order chi connectivity index (χ0) is 17.8. The normalized spacial score (nSPS) is 11.7. The number of carbonyl (C=O) groups excluding carboxylic acids is 2. The van der Waals surface area contributed by atoms with E-state index >= 15 is 0 Å². The monoisotopic (exact) mass is 355 g/mol. The molecule has 0 aromatic carbocycles. The zero-order valence-corrected chi connectivity index (χ0v) is 12.7. The number of halogens is 3. The molecule has 128 valence electrons. The van der Waals surface area contributed by atoms with Crippen molar-refractivity contribution in [3.63, 3.8) is 0 Å². The Kier molecular flexibility index (Phi) is 5.53. The Morgan fingerprint density at radius 3 is 2.43 bits per heavy atom. The summed E-state index contributed by atoms with van der Waals surface area (Å²) in [5, 5.41) is 0. The lowest BCUT2D eigenvalue weighted by Gasteiger charge is -2.13. The number of rotatable bonds is 4. The maximum Gasteiger partial charge on any atom is 0.417 e. The fourth-order valence-corrected chi connectivity index (χ4v) is 1.92. The average Bonchev–Trinajstić information content (AvgIpc) is 2.35. The molecule has 0 unspecified atom stereocenters. The van der Waals surface area contributed by atoms with E-state index in [0.29, 0.717) is 12.3 Å². The Bertz CT molecular complexity index is 718. The Balaban J connectivity index is 3.12. The van der Waals surface area contributed by atoms with Crippen LogP contribution < -0.4 is 10.2 Å². The van der Waals surface area contributed by atoms with Gasteiger partial charge in [0.15, 0.2) is 0 Å². The summed E-state index contributed by atoms with van der Waals surface area (Å²) in [7, 11) is -3.83. The number of anilines is 1. The third-order valence-electron chi connectivity index (χ3n) is 2.22. The van der Waals surface area contributed by atoms with Crippen LogP contribution >= 0.6 is 0 Å². The number of nitrogens with one attached hydrogen (secondary N) is 2. The minimum Gasteiger partial charge on any atom is -0.340 e. The number of pyridine rings is 1. The van der Waals surface area contributed by atoms with E-state index in [0.717, 1.165) is 13.2 Å². The van der Waals surface area contributed by atoms with Crippen molar-refractivity contribution in [2.75, 3.05) is 11.0 Å². The Morgan fingerprint density at radius 1 is 1.35 bits per heavy atom. The second-order valence-corrected chi connectivity index (χ2v) is 6.16. The van der Waals surface area contributed by atoms with Crippen molar-refractivity contribution >= 4 is 27.7 Å². The van der Waals surface area contributed by atoms with Crippen LogP contribution in [0.5, 0.6) is 0 Å². The first-order valence-corrected chi connectivity index (χ1v) is 7.78. The Hall–Kier alpha value is -2.37. The molecule has 12 heteroatoms. The lowest BCUT2D eigenvalue weighted by molar-refractivity contribution is -0.156. The van der Waals surface area contributed by atoms with Crippen LogP contribution in [0.4, 0.5) is 19.0 Å². The summed E-state index contributed by atoms with van der Waals surface area (Å²) in [5.74, 6) is -2.24. The van der Waals surface area contributed by atoms with Crippen molar-refractivity contribution < 1.29 is 36.0 Å². The first-order chi connectivity index (χ1) is 10.4. The maximum atomic E-state index is 12.7.